The molecular weight excluding hydrogens is 274 g/mol. The second kappa shape index (κ2) is 6.62. The molecule has 0 fully saturated rings. The molecule has 0 aliphatic carbocycles. The van der Waals surface area contributed by atoms with Gasteiger partial charge in [0.1, 0.15) is 11.5 Å². The number of hydrogen-bond donors (Lipinski definition) is 0. The molecule has 0 saturated heterocycles. The van der Waals surface area contributed by atoms with Crippen LogP contribution in [0.1, 0.15) is 27.4 Å². The average molecular weight is 292 g/mol. The van der Waals surface area contributed by atoms with Gasteiger partial charge in [0.2, 0.25) is 0 Å². The van der Waals surface area contributed by atoms with Crippen molar-refractivity contribution < 1.29 is 9.21 Å². The molecule has 0 radical (unpaired) electrons. The van der Waals surface area contributed by atoms with E-state index >= 15 is 0 Å². The lowest BCUT2D eigenvalue weighted by molar-refractivity contribution is 0.0752. The molecule has 2 aromatic rings. The Balaban J connectivity index is 2.20. The maximum atomic E-state index is 12.6. The normalized spacial score (nSPS) is 10.6. The van der Waals surface area contributed by atoms with Gasteiger partial charge in [-0.2, -0.15) is 0 Å². The van der Waals surface area contributed by atoms with Gasteiger partial charge in [0.25, 0.3) is 5.91 Å². The van der Waals surface area contributed by atoms with E-state index in [1.165, 1.54) is 0 Å². The minimum absolute atomic E-state index is 0.0381. The first-order chi connectivity index (χ1) is 9.61. The Morgan fingerprint density at radius 2 is 1.95 bits per heavy atom. The van der Waals surface area contributed by atoms with Crippen LogP contribution in [-0.2, 0) is 6.54 Å². The third kappa shape index (κ3) is 3.42. The molecule has 3 nitrogen and oxygen atoms in total. The summed E-state index contributed by atoms with van der Waals surface area (Å²) in [4.78, 5) is 14.3. The van der Waals surface area contributed by atoms with Crippen molar-refractivity contribution in [1.29, 1.82) is 0 Å². The van der Waals surface area contributed by atoms with E-state index in [9.17, 15) is 4.79 Å². The summed E-state index contributed by atoms with van der Waals surface area (Å²) >= 11 is 5.82. The third-order valence-corrected chi connectivity index (χ3v) is 3.30. The smallest absolute Gasteiger partial charge is 0.257 e. The van der Waals surface area contributed by atoms with Gasteiger partial charge in [0.15, 0.2) is 0 Å². The number of carbonyl (C=O) groups excluding carboxylic acids is 1. The van der Waals surface area contributed by atoms with Gasteiger partial charge in [0, 0.05) is 19.0 Å². The molecule has 0 unspecified atom stereocenters. The number of amides is 1. The number of furan rings is 1. The SMILES string of the molecule is Cc1cc(C(=O)N(CCCl)Cc2ccccc2)c(C)o1. The van der Waals surface area contributed by atoms with Crippen molar-refractivity contribution >= 4 is 17.5 Å². The van der Waals surface area contributed by atoms with E-state index in [0.29, 0.717) is 30.3 Å². The molecule has 0 aliphatic rings. The number of carbonyl (C=O) groups is 1. The van der Waals surface area contributed by atoms with Gasteiger partial charge in [-0.15, -0.1) is 11.6 Å². The zero-order valence-electron chi connectivity index (χ0n) is 11.7. The highest BCUT2D eigenvalue weighted by Crippen LogP contribution is 2.17. The first-order valence-corrected chi connectivity index (χ1v) is 7.11. The standard InChI is InChI=1S/C16H18ClNO2/c1-12-10-15(13(2)20-12)16(19)18(9-8-17)11-14-6-4-3-5-7-14/h3-7,10H,8-9,11H2,1-2H3. The van der Waals surface area contributed by atoms with Crippen molar-refractivity contribution in [2.45, 2.75) is 20.4 Å². The quantitative estimate of drug-likeness (QED) is 0.786. The Morgan fingerprint density at radius 3 is 2.50 bits per heavy atom. The third-order valence-electron chi connectivity index (χ3n) is 3.13. The highest BCUT2D eigenvalue weighted by Gasteiger charge is 2.20. The van der Waals surface area contributed by atoms with Crippen molar-refractivity contribution in [2.75, 3.05) is 12.4 Å². The molecule has 0 bridgehead atoms. The second-order valence-corrected chi connectivity index (χ2v) is 5.11. The highest BCUT2D eigenvalue weighted by molar-refractivity contribution is 6.18. The van der Waals surface area contributed by atoms with Gasteiger partial charge in [0.05, 0.1) is 5.56 Å². The Morgan fingerprint density at radius 1 is 1.25 bits per heavy atom. The van der Waals surface area contributed by atoms with Gasteiger partial charge in [-0.05, 0) is 25.5 Å². The maximum Gasteiger partial charge on any atom is 0.257 e. The molecule has 4 heteroatoms. The number of aryl methyl sites for hydroxylation is 2. The first kappa shape index (κ1) is 14.7. The zero-order chi connectivity index (χ0) is 14.5. The number of rotatable bonds is 5. The van der Waals surface area contributed by atoms with Crippen LogP contribution in [0.5, 0.6) is 0 Å². The lowest BCUT2D eigenvalue weighted by Crippen LogP contribution is -2.32. The van der Waals surface area contributed by atoms with Crippen molar-refractivity contribution in [1.82, 2.24) is 4.90 Å². The predicted molar refractivity (Wildman–Crippen MR) is 80.1 cm³/mol. The van der Waals surface area contributed by atoms with E-state index in [4.69, 9.17) is 16.0 Å². The van der Waals surface area contributed by atoms with Crippen molar-refractivity contribution in [3.8, 4) is 0 Å². The molecule has 1 aromatic heterocycles. The van der Waals surface area contributed by atoms with Crippen molar-refractivity contribution in [2.24, 2.45) is 0 Å². The van der Waals surface area contributed by atoms with Crippen LogP contribution in [0.4, 0.5) is 0 Å². The van der Waals surface area contributed by atoms with Gasteiger partial charge >= 0.3 is 0 Å². The molecule has 2 rings (SSSR count). The van der Waals surface area contributed by atoms with Crippen LogP contribution < -0.4 is 0 Å². The predicted octanol–water partition coefficient (Wildman–Crippen LogP) is 3.78. The summed E-state index contributed by atoms with van der Waals surface area (Å²) in [7, 11) is 0. The summed E-state index contributed by atoms with van der Waals surface area (Å²) in [6, 6.07) is 11.7. The molecule has 0 spiro atoms. The molecule has 1 amide bonds. The van der Waals surface area contributed by atoms with Gasteiger partial charge < -0.3 is 9.32 Å². The number of nitrogens with zero attached hydrogens (tertiary/aromatic N) is 1. The summed E-state index contributed by atoms with van der Waals surface area (Å²) < 4.78 is 5.43. The van der Waals surface area contributed by atoms with Crippen LogP contribution in [0.3, 0.4) is 0 Å². The summed E-state index contributed by atoms with van der Waals surface area (Å²) in [5.41, 5.74) is 1.70. The average Bonchev–Trinajstić information content (AvgIpc) is 2.77. The van der Waals surface area contributed by atoms with E-state index in [1.54, 1.807) is 11.0 Å². The monoisotopic (exact) mass is 291 g/mol. The molecule has 0 aliphatic heterocycles. The lowest BCUT2D eigenvalue weighted by Gasteiger charge is -2.21. The largest absolute Gasteiger partial charge is 0.466 e. The van der Waals surface area contributed by atoms with E-state index in [-0.39, 0.29) is 5.91 Å². The second-order valence-electron chi connectivity index (χ2n) is 4.73. The summed E-state index contributed by atoms with van der Waals surface area (Å²) in [6.45, 7) is 4.71. The fourth-order valence-electron chi connectivity index (χ4n) is 2.17. The fourth-order valence-corrected chi connectivity index (χ4v) is 2.38. The molecule has 1 heterocycles. The molecule has 0 N–H and O–H groups in total. The molecule has 0 saturated carbocycles. The van der Waals surface area contributed by atoms with E-state index in [0.717, 1.165) is 11.3 Å². The number of alkyl halides is 1. The van der Waals surface area contributed by atoms with Crippen LogP contribution in [0, 0.1) is 13.8 Å². The zero-order valence-corrected chi connectivity index (χ0v) is 12.5. The minimum atomic E-state index is -0.0381. The minimum Gasteiger partial charge on any atom is -0.466 e. The first-order valence-electron chi connectivity index (χ1n) is 6.58. The Bertz CT molecular complexity index is 577. The van der Waals surface area contributed by atoms with E-state index < -0.39 is 0 Å². The number of halogens is 1. The summed E-state index contributed by atoms with van der Waals surface area (Å²) in [6.07, 6.45) is 0. The van der Waals surface area contributed by atoms with Crippen molar-refractivity contribution in [3.05, 3.63) is 59.0 Å². The lowest BCUT2D eigenvalue weighted by atomic mass is 10.1. The highest BCUT2D eigenvalue weighted by atomic mass is 35.5. The van der Waals surface area contributed by atoms with Crippen LogP contribution in [0.2, 0.25) is 0 Å². The van der Waals surface area contributed by atoms with Crippen LogP contribution in [-0.4, -0.2) is 23.2 Å². The summed E-state index contributed by atoms with van der Waals surface area (Å²) in [5, 5.41) is 0. The number of hydrogen-bond acceptors (Lipinski definition) is 2. The molecule has 106 valence electrons. The maximum absolute atomic E-state index is 12.6. The fraction of sp³-hybridized carbons (Fsp3) is 0.312. The topological polar surface area (TPSA) is 33.5 Å². The van der Waals surface area contributed by atoms with Gasteiger partial charge in [-0.1, -0.05) is 30.3 Å². The number of benzene rings is 1. The van der Waals surface area contributed by atoms with Crippen LogP contribution >= 0.6 is 11.6 Å². The van der Waals surface area contributed by atoms with E-state index in [1.807, 2.05) is 44.2 Å². The Labute approximate surface area is 124 Å². The van der Waals surface area contributed by atoms with E-state index in [2.05, 4.69) is 0 Å². The molecule has 20 heavy (non-hydrogen) atoms. The summed E-state index contributed by atoms with van der Waals surface area (Å²) in [5.74, 6) is 1.77. The molecule has 0 atom stereocenters. The Kier molecular flexibility index (Phi) is 4.85. The van der Waals surface area contributed by atoms with Crippen LogP contribution in [0.15, 0.2) is 40.8 Å². The van der Waals surface area contributed by atoms with Gasteiger partial charge in [-0.3, -0.25) is 4.79 Å². The van der Waals surface area contributed by atoms with Gasteiger partial charge in [-0.25, -0.2) is 0 Å². The van der Waals surface area contributed by atoms with Crippen LogP contribution in [0.25, 0.3) is 0 Å². The molecule has 1 aromatic carbocycles. The van der Waals surface area contributed by atoms with Crippen molar-refractivity contribution in [3.63, 3.8) is 0 Å². The molecular formula is C16H18ClNO2. The Hall–Kier alpha value is -1.74.